The van der Waals surface area contributed by atoms with E-state index in [4.69, 9.17) is 0 Å². The topological polar surface area (TPSA) is 47.2 Å². The molecule has 0 radical (unpaired) electrons. The summed E-state index contributed by atoms with van der Waals surface area (Å²) in [5.41, 5.74) is 1.44. The Balaban J connectivity index is 1.49. The molecule has 5 nitrogen and oxygen atoms in total. The lowest BCUT2D eigenvalue weighted by Gasteiger charge is -2.40. The van der Waals surface area contributed by atoms with Gasteiger partial charge >= 0.3 is 5.69 Å². The Labute approximate surface area is 173 Å². The first-order valence-electron chi connectivity index (χ1n) is 11.5. The first kappa shape index (κ1) is 20.4. The van der Waals surface area contributed by atoms with Gasteiger partial charge in [-0.2, -0.15) is 0 Å². The number of carbonyl (C=O) groups is 1. The number of aromatic nitrogens is 2. The third-order valence-corrected chi connectivity index (χ3v) is 7.37. The molecule has 0 N–H and O–H groups in total. The molecule has 5 heteroatoms. The maximum atomic E-state index is 13.1. The minimum Gasteiger partial charge on any atom is -0.300 e. The fraction of sp³-hybridized carbons (Fsp3) is 0.667. The van der Waals surface area contributed by atoms with Crippen molar-refractivity contribution in [1.82, 2.24) is 14.0 Å². The van der Waals surface area contributed by atoms with E-state index in [9.17, 15) is 9.59 Å². The monoisotopic (exact) mass is 397 g/mol. The lowest BCUT2D eigenvalue weighted by Crippen LogP contribution is -2.45. The Hall–Kier alpha value is -1.88. The second-order valence-corrected chi connectivity index (χ2v) is 9.11. The molecule has 0 bridgehead atoms. The largest absolute Gasteiger partial charge is 0.336 e. The SMILES string of the molecule is CC(=O)n1c(=O)n(C2CCN(C(C)C3CCCCCCC3)CC2)c2ccccc21. The Morgan fingerprint density at radius 2 is 1.52 bits per heavy atom. The zero-order valence-electron chi connectivity index (χ0n) is 18.0. The molecule has 1 aromatic heterocycles. The van der Waals surface area contributed by atoms with Gasteiger partial charge < -0.3 is 4.90 Å². The number of rotatable bonds is 3. The summed E-state index contributed by atoms with van der Waals surface area (Å²) in [6.07, 6.45) is 11.7. The van der Waals surface area contributed by atoms with E-state index < -0.39 is 0 Å². The number of likely N-dealkylation sites (tertiary alicyclic amines) is 1. The van der Waals surface area contributed by atoms with E-state index in [1.807, 2.05) is 28.8 Å². The molecular weight excluding hydrogens is 362 g/mol. The van der Waals surface area contributed by atoms with E-state index in [0.29, 0.717) is 6.04 Å². The Bertz CT molecular complexity index is 896. The molecule has 0 spiro atoms. The highest BCUT2D eigenvalue weighted by molar-refractivity contribution is 5.89. The summed E-state index contributed by atoms with van der Waals surface area (Å²) >= 11 is 0. The van der Waals surface area contributed by atoms with E-state index >= 15 is 0 Å². The van der Waals surface area contributed by atoms with Crippen molar-refractivity contribution in [1.29, 1.82) is 0 Å². The van der Waals surface area contributed by atoms with Gasteiger partial charge in [-0.25, -0.2) is 9.36 Å². The maximum absolute atomic E-state index is 13.1. The number of benzene rings is 1. The van der Waals surface area contributed by atoms with Crippen molar-refractivity contribution in [2.45, 2.75) is 83.7 Å². The summed E-state index contributed by atoms with van der Waals surface area (Å²) in [5, 5.41) is 0. The summed E-state index contributed by atoms with van der Waals surface area (Å²) in [4.78, 5) is 27.8. The third-order valence-electron chi connectivity index (χ3n) is 7.37. The van der Waals surface area contributed by atoms with Crippen LogP contribution in [0.4, 0.5) is 0 Å². The summed E-state index contributed by atoms with van der Waals surface area (Å²) in [6.45, 7) is 5.96. The smallest absolute Gasteiger partial charge is 0.300 e. The maximum Gasteiger partial charge on any atom is 0.336 e. The van der Waals surface area contributed by atoms with Crippen molar-refractivity contribution < 1.29 is 4.79 Å². The van der Waals surface area contributed by atoms with E-state index in [1.165, 1.54) is 56.4 Å². The van der Waals surface area contributed by atoms with Gasteiger partial charge in [-0.3, -0.25) is 9.36 Å². The van der Waals surface area contributed by atoms with Crippen LogP contribution in [0.25, 0.3) is 11.0 Å². The summed E-state index contributed by atoms with van der Waals surface area (Å²) in [5.74, 6) is 0.606. The first-order valence-corrected chi connectivity index (χ1v) is 11.5. The predicted molar refractivity (Wildman–Crippen MR) is 118 cm³/mol. The minimum absolute atomic E-state index is 0.175. The standard InChI is InChI=1S/C24H35N3O2/c1-18(20-10-6-4-3-5-7-11-20)25-16-14-21(15-17-25)27-23-13-9-8-12-22(23)26(19(2)28)24(27)29/h8-9,12-13,18,20-21H,3-7,10-11,14-17H2,1-2H3. The zero-order valence-corrected chi connectivity index (χ0v) is 18.0. The number of carbonyl (C=O) groups excluding carboxylic acids is 1. The van der Waals surface area contributed by atoms with Crippen molar-refractivity contribution in [3.8, 4) is 0 Å². The van der Waals surface area contributed by atoms with Crippen LogP contribution in [-0.4, -0.2) is 39.1 Å². The Morgan fingerprint density at radius 3 is 2.14 bits per heavy atom. The van der Waals surface area contributed by atoms with Gasteiger partial charge in [-0.15, -0.1) is 0 Å². The molecule has 1 atom stereocenters. The molecule has 4 rings (SSSR count). The quantitative estimate of drug-likeness (QED) is 0.744. The van der Waals surface area contributed by atoms with Crippen LogP contribution in [0.3, 0.4) is 0 Å². The van der Waals surface area contributed by atoms with Gasteiger partial charge in [0.2, 0.25) is 5.91 Å². The van der Waals surface area contributed by atoms with Crippen LogP contribution in [0.2, 0.25) is 0 Å². The van der Waals surface area contributed by atoms with Crippen molar-refractivity contribution in [2.75, 3.05) is 13.1 Å². The van der Waals surface area contributed by atoms with E-state index in [2.05, 4.69) is 11.8 Å². The lowest BCUT2D eigenvalue weighted by atomic mass is 9.85. The number of nitrogens with zero attached hydrogens (tertiary/aromatic N) is 3. The van der Waals surface area contributed by atoms with Gasteiger partial charge in [-0.1, -0.05) is 44.2 Å². The van der Waals surface area contributed by atoms with Crippen LogP contribution < -0.4 is 5.69 Å². The number of hydrogen-bond donors (Lipinski definition) is 0. The fourth-order valence-electron chi connectivity index (χ4n) is 5.65. The number of imidazole rings is 1. The highest BCUT2D eigenvalue weighted by Crippen LogP contribution is 2.31. The molecule has 1 saturated heterocycles. The molecule has 2 fully saturated rings. The molecule has 1 aliphatic heterocycles. The molecule has 158 valence electrons. The van der Waals surface area contributed by atoms with E-state index in [1.54, 1.807) is 0 Å². The van der Waals surface area contributed by atoms with E-state index in [-0.39, 0.29) is 17.6 Å². The third kappa shape index (κ3) is 4.07. The normalized spacial score (nSPS) is 21.7. The van der Waals surface area contributed by atoms with Crippen molar-refractivity contribution in [2.24, 2.45) is 5.92 Å². The predicted octanol–water partition coefficient (Wildman–Crippen LogP) is 4.85. The summed E-state index contributed by atoms with van der Waals surface area (Å²) < 4.78 is 3.22. The van der Waals surface area contributed by atoms with Gasteiger partial charge in [0.25, 0.3) is 0 Å². The summed E-state index contributed by atoms with van der Waals surface area (Å²) in [7, 11) is 0. The lowest BCUT2D eigenvalue weighted by molar-refractivity contribution is 0.0919. The first-order chi connectivity index (χ1) is 14.1. The zero-order chi connectivity index (χ0) is 20.4. The van der Waals surface area contributed by atoms with E-state index in [0.717, 1.165) is 42.9 Å². The molecule has 1 saturated carbocycles. The number of para-hydroxylation sites is 2. The van der Waals surface area contributed by atoms with Crippen LogP contribution in [0.1, 0.15) is 82.5 Å². The second-order valence-electron chi connectivity index (χ2n) is 9.11. The molecule has 2 heterocycles. The molecule has 1 unspecified atom stereocenters. The van der Waals surface area contributed by atoms with Crippen LogP contribution >= 0.6 is 0 Å². The molecule has 0 amide bonds. The highest BCUT2D eigenvalue weighted by atomic mass is 16.2. The molecule has 1 aliphatic carbocycles. The van der Waals surface area contributed by atoms with Gasteiger partial charge in [0, 0.05) is 32.1 Å². The number of piperidine rings is 1. The molecule has 1 aromatic carbocycles. The van der Waals surface area contributed by atoms with Gasteiger partial charge in [-0.05, 0) is 50.7 Å². The molecule has 29 heavy (non-hydrogen) atoms. The van der Waals surface area contributed by atoms with Crippen LogP contribution in [0.15, 0.2) is 29.1 Å². The van der Waals surface area contributed by atoms with Crippen molar-refractivity contribution in [3.05, 3.63) is 34.7 Å². The summed E-state index contributed by atoms with van der Waals surface area (Å²) in [6, 6.07) is 8.50. The van der Waals surface area contributed by atoms with Crippen LogP contribution in [-0.2, 0) is 0 Å². The highest BCUT2D eigenvalue weighted by Gasteiger charge is 2.30. The van der Waals surface area contributed by atoms with Crippen molar-refractivity contribution >= 4 is 16.9 Å². The Kier molecular flexibility index (Phi) is 6.23. The minimum atomic E-state index is -0.208. The number of hydrogen-bond acceptors (Lipinski definition) is 3. The van der Waals surface area contributed by atoms with Gasteiger partial charge in [0.1, 0.15) is 0 Å². The van der Waals surface area contributed by atoms with Crippen LogP contribution in [0.5, 0.6) is 0 Å². The molecular formula is C24H35N3O2. The number of fused-ring (bicyclic) bond motifs is 1. The second kappa shape index (κ2) is 8.86. The average molecular weight is 398 g/mol. The molecule has 2 aliphatic rings. The van der Waals surface area contributed by atoms with Gasteiger partial charge in [0.05, 0.1) is 11.0 Å². The average Bonchev–Trinajstić information content (AvgIpc) is 2.99. The van der Waals surface area contributed by atoms with Gasteiger partial charge in [0.15, 0.2) is 0 Å². The van der Waals surface area contributed by atoms with Crippen LogP contribution in [0, 0.1) is 5.92 Å². The fourth-order valence-corrected chi connectivity index (χ4v) is 5.65. The molecule has 2 aromatic rings. The Morgan fingerprint density at radius 1 is 0.931 bits per heavy atom. The van der Waals surface area contributed by atoms with Crippen molar-refractivity contribution in [3.63, 3.8) is 0 Å².